The fourth-order valence-corrected chi connectivity index (χ4v) is 3.10. The van der Waals surface area contributed by atoms with Crippen LogP contribution in [-0.2, 0) is 0 Å². The Hall–Kier alpha value is -2.63. The lowest BCUT2D eigenvalue weighted by molar-refractivity contribution is 0.282. The zero-order valence-corrected chi connectivity index (χ0v) is 18.0. The molecule has 0 atom stereocenters. The lowest BCUT2D eigenvalue weighted by Crippen LogP contribution is -1.94. The van der Waals surface area contributed by atoms with Crippen LogP contribution in [0.15, 0.2) is 78.4 Å². The number of nitrogens with zero attached hydrogens (tertiary/aromatic N) is 1. The van der Waals surface area contributed by atoms with Crippen LogP contribution in [-0.4, -0.2) is 11.7 Å². The number of aliphatic hydroxyl groups is 1. The maximum atomic E-state index is 9.42. The highest BCUT2D eigenvalue weighted by atomic mass is 16.2. The van der Waals surface area contributed by atoms with E-state index in [4.69, 9.17) is 5.11 Å². The van der Waals surface area contributed by atoms with E-state index >= 15 is 0 Å². The molecule has 2 heteroatoms. The third-order valence-corrected chi connectivity index (χ3v) is 4.68. The molecule has 0 aromatic heterocycles. The molecule has 0 saturated carbocycles. The minimum absolute atomic E-state index is 0. The SMILES string of the molecule is C.C=C(C)C(C#N)=C(c1ccccc1)c1ccccc1.CCCCCCCCCO. The molecule has 0 amide bonds. The van der Waals surface area contributed by atoms with Crippen molar-refractivity contribution in [3.8, 4) is 6.07 Å². The summed E-state index contributed by atoms with van der Waals surface area (Å²) in [5.41, 5.74) is 4.43. The number of aliphatic hydroxyl groups excluding tert-OH is 1. The largest absolute Gasteiger partial charge is 0.396 e. The summed E-state index contributed by atoms with van der Waals surface area (Å²) >= 11 is 0. The van der Waals surface area contributed by atoms with E-state index in [0.29, 0.717) is 12.2 Å². The van der Waals surface area contributed by atoms with Crippen molar-refractivity contribution in [3.05, 3.63) is 89.5 Å². The molecule has 0 radical (unpaired) electrons. The molecule has 1 N–H and O–H groups in total. The van der Waals surface area contributed by atoms with Gasteiger partial charge in [-0.05, 0) is 30.0 Å². The third kappa shape index (κ3) is 10.2. The Bertz CT molecular complexity index is 720. The summed E-state index contributed by atoms with van der Waals surface area (Å²) in [6, 6.07) is 22.2. The molecule has 0 aliphatic carbocycles. The number of unbranched alkanes of at least 4 members (excludes halogenated alkanes) is 6. The second-order valence-corrected chi connectivity index (χ2v) is 7.22. The van der Waals surface area contributed by atoms with Crippen LogP contribution in [0.4, 0.5) is 0 Å². The van der Waals surface area contributed by atoms with Gasteiger partial charge in [-0.2, -0.15) is 5.26 Å². The highest BCUT2D eigenvalue weighted by molar-refractivity contribution is 5.86. The van der Waals surface area contributed by atoms with Crippen LogP contribution in [0.2, 0.25) is 0 Å². The predicted molar refractivity (Wildman–Crippen MR) is 131 cm³/mol. The van der Waals surface area contributed by atoms with Crippen LogP contribution in [0, 0.1) is 11.3 Å². The zero-order chi connectivity index (χ0) is 21.3. The average molecular weight is 406 g/mol. The normalized spacial score (nSPS) is 9.40. The van der Waals surface area contributed by atoms with Gasteiger partial charge in [-0.15, -0.1) is 0 Å². The first-order valence-electron chi connectivity index (χ1n) is 10.7. The number of benzene rings is 2. The van der Waals surface area contributed by atoms with Crippen LogP contribution >= 0.6 is 0 Å². The Morgan fingerprint density at radius 1 is 0.833 bits per heavy atom. The van der Waals surface area contributed by atoms with Gasteiger partial charge >= 0.3 is 0 Å². The molecule has 0 heterocycles. The van der Waals surface area contributed by atoms with Crippen molar-refractivity contribution in [2.75, 3.05) is 6.61 Å². The van der Waals surface area contributed by atoms with Gasteiger partial charge in [0.2, 0.25) is 0 Å². The summed E-state index contributed by atoms with van der Waals surface area (Å²) in [7, 11) is 0. The zero-order valence-electron chi connectivity index (χ0n) is 18.0. The molecular weight excluding hydrogens is 366 g/mol. The molecule has 0 unspecified atom stereocenters. The second-order valence-electron chi connectivity index (χ2n) is 7.22. The van der Waals surface area contributed by atoms with E-state index in [1.165, 1.54) is 38.5 Å². The van der Waals surface area contributed by atoms with Crippen LogP contribution in [0.25, 0.3) is 5.57 Å². The first-order valence-corrected chi connectivity index (χ1v) is 10.7. The van der Waals surface area contributed by atoms with Crippen LogP contribution in [0.5, 0.6) is 0 Å². The Balaban J connectivity index is 0.000000658. The Labute approximate surface area is 184 Å². The van der Waals surface area contributed by atoms with Crippen molar-refractivity contribution in [3.63, 3.8) is 0 Å². The standard InChI is InChI=1S/C18H15N.C9H20O.CH4/c1-14(2)17(13-19)18(15-9-5-3-6-10-15)16-11-7-4-8-12-16;1-2-3-4-5-6-7-8-9-10;/h3-12H,1H2,2H3;10H,2-9H2,1H3;1H4. The van der Waals surface area contributed by atoms with Crippen molar-refractivity contribution in [1.82, 2.24) is 0 Å². The molecule has 0 fully saturated rings. The van der Waals surface area contributed by atoms with E-state index in [0.717, 1.165) is 28.7 Å². The quantitative estimate of drug-likeness (QED) is 0.247. The first-order chi connectivity index (χ1) is 14.2. The van der Waals surface area contributed by atoms with Gasteiger partial charge in [0.25, 0.3) is 0 Å². The Morgan fingerprint density at radius 3 is 1.63 bits per heavy atom. The monoisotopic (exact) mass is 405 g/mol. The van der Waals surface area contributed by atoms with Crippen LogP contribution < -0.4 is 0 Å². The molecule has 2 aromatic carbocycles. The lowest BCUT2D eigenvalue weighted by Gasteiger charge is -2.11. The molecule has 0 saturated heterocycles. The van der Waals surface area contributed by atoms with E-state index in [2.05, 4.69) is 19.6 Å². The van der Waals surface area contributed by atoms with Gasteiger partial charge in [0, 0.05) is 12.2 Å². The number of allylic oxidation sites excluding steroid dienone is 2. The molecule has 0 bridgehead atoms. The number of rotatable bonds is 10. The predicted octanol–water partition coefficient (Wildman–Crippen LogP) is 7.95. The summed E-state index contributed by atoms with van der Waals surface area (Å²) in [6.45, 7) is 8.38. The molecule has 30 heavy (non-hydrogen) atoms. The van der Waals surface area contributed by atoms with Crippen molar-refractivity contribution < 1.29 is 5.11 Å². The van der Waals surface area contributed by atoms with Gasteiger partial charge in [-0.3, -0.25) is 0 Å². The smallest absolute Gasteiger partial charge is 0.100 e. The van der Waals surface area contributed by atoms with E-state index in [9.17, 15) is 5.26 Å². The van der Waals surface area contributed by atoms with Gasteiger partial charge in [-0.25, -0.2) is 0 Å². The minimum Gasteiger partial charge on any atom is -0.396 e. The van der Waals surface area contributed by atoms with Gasteiger partial charge < -0.3 is 5.11 Å². The van der Waals surface area contributed by atoms with E-state index < -0.39 is 0 Å². The van der Waals surface area contributed by atoms with Gasteiger partial charge in [0.05, 0.1) is 5.57 Å². The average Bonchev–Trinajstić information content (AvgIpc) is 2.76. The molecule has 162 valence electrons. The Morgan fingerprint density at radius 2 is 1.27 bits per heavy atom. The van der Waals surface area contributed by atoms with E-state index in [-0.39, 0.29) is 7.43 Å². The highest BCUT2D eigenvalue weighted by Crippen LogP contribution is 2.29. The fraction of sp³-hybridized carbons (Fsp3) is 0.393. The molecular formula is C28H39NO. The summed E-state index contributed by atoms with van der Waals surface area (Å²) in [4.78, 5) is 0. The summed E-state index contributed by atoms with van der Waals surface area (Å²) in [6.07, 6.45) is 8.93. The minimum atomic E-state index is 0. The lowest BCUT2D eigenvalue weighted by atomic mass is 9.91. The van der Waals surface area contributed by atoms with Gasteiger partial charge in [0.1, 0.15) is 6.07 Å². The summed E-state index contributed by atoms with van der Waals surface area (Å²) < 4.78 is 0. The molecule has 0 aliphatic rings. The maximum Gasteiger partial charge on any atom is 0.100 e. The molecule has 2 aromatic rings. The maximum absolute atomic E-state index is 9.42. The van der Waals surface area contributed by atoms with Crippen molar-refractivity contribution in [2.45, 2.75) is 66.2 Å². The number of nitriles is 1. The van der Waals surface area contributed by atoms with E-state index in [1.54, 1.807) is 0 Å². The number of hydrogen-bond donors (Lipinski definition) is 1. The fourth-order valence-electron chi connectivity index (χ4n) is 3.10. The molecule has 0 spiro atoms. The van der Waals surface area contributed by atoms with Crippen molar-refractivity contribution in [1.29, 1.82) is 5.26 Å². The first kappa shape index (κ1) is 27.4. The van der Waals surface area contributed by atoms with Gasteiger partial charge in [0.15, 0.2) is 0 Å². The van der Waals surface area contributed by atoms with Crippen molar-refractivity contribution in [2.24, 2.45) is 0 Å². The topological polar surface area (TPSA) is 44.0 Å². The molecule has 2 rings (SSSR count). The van der Waals surface area contributed by atoms with Crippen molar-refractivity contribution >= 4 is 5.57 Å². The molecule has 0 aliphatic heterocycles. The Kier molecular flexibility index (Phi) is 15.7. The van der Waals surface area contributed by atoms with Crippen LogP contribution in [0.3, 0.4) is 0 Å². The molecule has 2 nitrogen and oxygen atoms in total. The summed E-state index contributed by atoms with van der Waals surface area (Å²) in [5, 5.41) is 17.9. The van der Waals surface area contributed by atoms with E-state index in [1.807, 2.05) is 67.6 Å². The third-order valence-electron chi connectivity index (χ3n) is 4.68. The van der Waals surface area contributed by atoms with Crippen LogP contribution in [0.1, 0.15) is 77.3 Å². The second kappa shape index (κ2) is 17.2. The highest BCUT2D eigenvalue weighted by Gasteiger charge is 2.11. The summed E-state index contributed by atoms with van der Waals surface area (Å²) in [5.74, 6) is 0. The number of hydrogen-bond acceptors (Lipinski definition) is 2. The van der Waals surface area contributed by atoms with Gasteiger partial charge in [-0.1, -0.05) is 120 Å².